The Hall–Kier alpha value is -0.830. The van der Waals surface area contributed by atoms with Crippen LogP contribution in [0.1, 0.15) is 32.1 Å². The summed E-state index contributed by atoms with van der Waals surface area (Å²) in [6.07, 6.45) is 6.99. The van der Waals surface area contributed by atoms with E-state index in [9.17, 15) is 4.79 Å². The summed E-state index contributed by atoms with van der Waals surface area (Å²) in [4.78, 5) is 13.6. The van der Waals surface area contributed by atoms with E-state index in [1.165, 1.54) is 12.8 Å². The van der Waals surface area contributed by atoms with Gasteiger partial charge in [-0.15, -0.1) is 6.58 Å². The van der Waals surface area contributed by atoms with E-state index in [2.05, 4.69) is 6.58 Å². The van der Waals surface area contributed by atoms with E-state index < -0.39 is 6.04 Å². The number of carbonyl (C=O) groups excluding carboxylic acids is 1. The molecule has 1 aliphatic rings. The van der Waals surface area contributed by atoms with Gasteiger partial charge in [-0.05, 0) is 19.3 Å². The first-order chi connectivity index (χ1) is 6.66. The van der Waals surface area contributed by atoms with Gasteiger partial charge in [0.1, 0.15) is 0 Å². The van der Waals surface area contributed by atoms with E-state index in [1.807, 2.05) is 11.9 Å². The van der Waals surface area contributed by atoms with Crippen LogP contribution in [0, 0.1) is 0 Å². The molecule has 1 atom stereocenters. The van der Waals surface area contributed by atoms with Crippen molar-refractivity contribution in [2.45, 2.75) is 44.2 Å². The Bertz CT molecular complexity index is 209. The van der Waals surface area contributed by atoms with Crippen molar-refractivity contribution >= 4 is 5.91 Å². The monoisotopic (exact) mass is 196 g/mol. The number of nitrogens with zero attached hydrogens (tertiary/aromatic N) is 1. The molecule has 1 rings (SSSR count). The number of nitrogens with two attached hydrogens (primary N) is 1. The summed E-state index contributed by atoms with van der Waals surface area (Å²) in [5, 5.41) is 0. The van der Waals surface area contributed by atoms with Gasteiger partial charge in [0.2, 0.25) is 5.91 Å². The van der Waals surface area contributed by atoms with Gasteiger partial charge in [0.15, 0.2) is 0 Å². The van der Waals surface area contributed by atoms with Crippen molar-refractivity contribution in [3.8, 4) is 0 Å². The van der Waals surface area contributed by atoms with E-state index in [0.717, 1.165) is 12.8 Å². The van der Waals surface area contributed by atoms with E-state index in [-0.39, 0.29) is 5.91 Å². The third kappa shape index (κ3) is 2.58. The van der Waals surface area contributed by atoms with Gasteiger partial charge in [0, 0.05) is 13.1 Å². The van der Waals surface area contributed by atoms with Crippen molar-refractivity contribution in [3.05, 3.63) is 12.7 Å². The average Bonchev–Trinajstić information content (AvgIpc) is 2.68. The summed E-state index contributed by atoms with van der Waals surface area (Å²) in [6, 6.07) is 0.0106. The second-order valence-corrected chi connectivity index (χ2v) is 4.02. The highest BCUT2D eigenvalue weighted by Crippen LogP contribution is 2.22. The molecule has 0 saturated heterocycles. The summed E-state index contributed by atoms with van der Waals surface area (Å²) >= 11 is 0. The van der Waals surface area contributed by atoms with Gasteiger partial charge in [-0.1, -0.05) is 18.9 Å². The molecule has 0 bridgehead atoms. The summed E-state index contributed by atoms with van der Waals surface area (Å²) in [5.74, 6) is 0.0526. The Balaban J connectivity index is 2.45. The van der Waals surface area contributed by atoms with Crippen LogP contribution in [-0.4, -0.2) is 29.9 Å². The standard InChI is InChI=1S/C11H20N2O/c1-3-6-10(12)11(14)13(2)9-7-4-5-8-9/h3,9-10H,1,4-8,12H2,2H3. The molecule has 1 aliphatic carbocycles. The van der Waals surface area contributed by atoms with Crippen molar-refractivity contribution in [3.63, 3.8) is 0 Å². The van der Waals surface area contributed by atoms with E-state index in [0.29, 0.717) is 12.5 Å². The van der Waals surface area contributed by atoms with Crippen LogP contribution in [0.15, 0.2) is 12.7 Å². The second-order valence-electron chi connectivity index (χ2n) is 4.02. The number of hydrogen-bond acceptors (Lipinski definition) is 2. The first kappa shape index (κ1) is 11.2. The zero-order chi connectivity index (χ0) is 10.6. The first-order valence-corrected chi connectivity index (χ1v) is 5.30. The Morgan fingerprint density at radius 3 is 2.71 bits per heavy atom. The van der Waals surface area contributed by atoms with Gasteiger partial charge < -0.3 is 10.6 Å². The summed E-state index contributed by atoms with van der Waals surface area (Å²) < 4.78 is 0. The fraction of sp³-hybridized carbons (Fsp3) is 0.727. The van der Waals surface area contributed by atoms with Crippen LogP contribution in [0.4, 0.5) is 0 Å². The number of amides is 1. The summed E-state index contributed by atoms with van der Waals surface area (Å²) in [5.41, 5.74) is 5.73. The van der Waals surface area contributed by atoms with Crippen molar-refractivity contribution in [1.82, 2.24) is 4.90 Å². The van der Waals surface area contributed by atoms with Crippen molar-refractivity contribution in [2.75, 3.05) is 7.05 Å². The summed E-state index contributed by atoms with van der Waals surface area (Å²) in [7, 11) is 1.86. The molecule has 2 N–H and O–H groups in total. The van der Waals surface area contributed by atoms with Gasteiger partial charge in [0.05, 0.1) is 6.04 Å². The van der Waals surface area contributed by atoms with Crippen molar-refractivity contribution in [2.24, 2.45) is 5.73 Å². The molecule has 0 radical (unpaired) electrons. The number of carbonyl (C=O) groups is 1. The zero-order valence-corrected chi connectivity index (χ0v) is 8.91. The Kier molecular flexibility index (Phi) is 4.14. The lowest BCUT2D eigenvalue weighted by Crippen LogP contribution is -2.45. The third-order valence-corrected chi connectivity index (χ3v) is 2.96. The van der Waals surface area contributed by atoms with E-state index in [4.69, 9.17) is 5.73 Å². The highest BCUT2D eigenvalue weighted by Gasteiger charge is 2.25. The fourth-order valence-electron chi connectivity index (χ4n) is 2.01. The van der Waals surface area contributed by atoms with Gasteiger partial charge in [0.25, 0.3) is 0 Å². The van der Waals surface area contributed by atoms with Gasteiger partial charge in [-0.3, -0.25) is 4.79 Å². The molecule has 1 unspecified atom stereocenters. The van der Waals surface area contributed by atoms with Crippen LogP contribution >= 0.6 is 0 Å². The summed E-state index contributed by atoms with van der Waals surface area (Å²) in [6.45, 7) is 3.59. The highest BCUT2D eigenvalue weighted by atomic mass is 16.2. The lowest BCUT2D eigenvalue weighted by atomic mass is 10.1. The number of hydrogen-bond donors (Lipinski definition) is 1. The molecular weight excluding hydrogens is 176 g/mol. The first-order valence-electron chi connectivity index (χ1n) is 5.30. The highest BCUT2D eigenvalue weighted by molar-refractivity contribution is 5.81. The van der Waals surface area contributed by atoms with E-state index >= 15 is 0 Å². The van der Waals surface area contributed by atoms with Crippen molar-refractivity contribution in [1.29, 1.82) is 0 Å². The van der Waals surface area contributed by atoms with Gasteiger partial charge in [-0.25, -0.2) is 0 Å². The second kappa shape index (κ2) is 5.15. The SMILES string of the molecule is C=CCC(N)C(=O)N(C)C1CCCC1. The molecule has 1 saturated carbocycles. The Morgan fingerprint density at radius 2 is 2.21 bits per heavy atom. The molecule has 3 nitrogen and oxygen atoms in total. The molecule has 80 valence electrons. The van der Waals surface area contributed by atoms with Gasteiger partial charge >= 0.3 is 0 Å². The molecule has 1 amide bonds. The topological polar surface area (TPSA) is 46.3 Å². The number of rotatable bonds is 4. The predicted molar refractivity (Wildman–Crippen MR) is 57.8 cm³/mol. The molecule has 0 spiro atoms. The minimum absolute atomic E-state index is 0.0526. The Labute approximate surface area is 86.0 Å². The largest absolute Gasteiger partial charge is 0.341 e. The molecule has 0 aromatic heterocycles. The molecule has 3 heteroatoms. The maximum Gasteiger partial charge on any atom is 0.239 e. The zero-order valence-electron chi connectivity index (χ0n) is 8.91. The third-order valence-electron chi connectivity index (χ3n) is 2.96. The van der Waals surface area contributed by atoms with E-state index in [1.54, 1.807) is 6.08 Å². The van der Waals surface area contributed by atoms with Crippen molar-refractivity contribution < 1.29 is 4.79 Å². The lowest BCUT2D eigenvalue weighted by Gasteiger charge is -2.26. The minimum Gasteiger partial charge on any atom is -0.341 e. The molecule has 0 aromatic rings. The minimum atomic E-state index is -0.405. The maximum absolute atomic E-state index is 11.8. The lowest BCUT2D eigenvalue weighted by molar-refractivity contribution is -0.133. The quantitative estimate of drug-likeness (QED) is 0.689. The van der Waals surface area contributed by atoms with Crippen LogP contribution < -0.4 is 5.73 Å². The normalized spacial score (nSPS) is 19.3. The van der Waals surface area contributed by atoms with Crippen LogP contribution in [-0.2, 0) is 4.79 Å². The van der Waals surface area contributed by atoms with Crippen LogP contribution in [0.5, 0.6) is 0 Å². The van der Waals surface area contributed by atoms with Crippen LogP contribution in [0.25, 0.3) is 0 Å². The number of likely N-dealkylation sites (N-methyl/N-ethyl adjacent to an activating group) is 1. The Morgan fingerprint density at radius 1 is 1.64 bits per heavy atom. The fourth-order valence-corrected chi connectivity index (χ4v) is 2.01. The average molecular weight is 196 g/mol. The smallest absolute Gasteiger partial charge is 0.239 e. The van der Waals surface area contributed by atoms with Gasteiger partial charge in [-0.2, -0.15) is 0 Å². The molecule has 0 aromatic carbocycles. The molecule has 0 heterocycles. The molecule has 14 heavy (non-hydrogen) atoms. The van der Waals surface area contributed by atoms with Crippen LogP contribution in [0.2, 0.25) is 0 Å². The molecular formula is C11H20N2O. The maximum atomic E-state index is 11.8. The molecule has 0 aliphatic heterocycles. The predicted octanol–water partition coefficient (Wildman–Crippen LogP) is 1.29. The van der Waals surface area contributed by atoms with Crippen LogP contribution in [0.3, 0.4) is 0 Å². The molecule has 1 fully saturated rings.